The normalized spacial score (nSPS) is 10.6. The molecule has 2 aromatic heterocycles. The number of oxazole rings is 1. The quantitative estimate of drug-likeness (QED) is 0.652. The molecule has 0 spiro atoms. The van der Waals surface area contributed by atoms with Crippen molar-refractivity contribution in [1.29, 1.82) is 5.41 Å². The average Bonchev–Trinajstić information content (AvgIpc) is 3.01. The van der Waals surface area contributed by atoms with E-state index in [-0.39, 0.29) is 11.6 Å². The van der Waals surface area contributed by atoms with E-state index in [1.54, 1.807) is 25.3 Å². The van der Waals surface area contributed by atoms with Gasteiger partial charge >= 0.3 is 0 Å². The van der Waals surface area contributed by atoms with E-state index in [1.807, 2.05) is 25.1 Å². The first-order valence-corrected chi connectivity index (χ1v) is 8.30. The lowest BCUT2D eigenvalue weighted by Gasteiger charge is -2.05. The number of pyridine rings is 1. The number of hydrogen-bond acceptors (Lipinski definition) is 5. The number of amides is 1. The number of hydrogen-bond donors (Lipinski definition) is 2. The van der Waals surface area contributed by atoms with Crippen molar-refractivity contribution in [2.45, 2.75) is 20.8 Å². The molecular weight excluding hydrogens is 352 g/mol. The van der Waals surface area contributed by atoms with Crippen molar-refractivity contribution in [3.63, 3.8) is 0 Å². The Balaban J connectivity index is 2.16. The lowest BCUT2D eigenvalue weighted by atomic mass is 10.1. The average molecular weight is 369 g/mol. The second kappa shape index (κ2) is 7.09. The zero-order chi connectivity index (χ0) is 18.8. The van der Waals surface area contributed by atoms with Gasteiger partial charge < -0.3 is 15.1 Å². The summed E-state index contributed by atoms with van der Waals surface area (Å²) < 4.78 is 5.99. The molecule has 0 atom stereocenters. The summed E-state index contributed by atoms with van der Waals surface area (Å²) in [5.74, 6) is 0.972. The van der Waals surface area contributed by atoms with E-state index in [9.17, 15) is 4.79 Å². The number of carbonyl (C=O) groups excluding carboxylic acids is 1. The Bertz CT molecular complexity index is 1010. The maximum absolute atomic E-state index is 11.3. The van der Waals surface area contributed by atoms with Crippen LogP contribution in [0.1, 0.15) is 25.1 Å². The zero-order valence-electron chi connectivity index (χ0n) is 14.6. The highest BCUT2D eigenvalue weighted by atomic mass is 35.5. The Morgan fingerprint density at radius 2 is 1.96 bits per heavy atom. The van der Waals surface area contributed by atoms with Crippen molar-refractivity contribution >= 4 is 29.0 Å². The predicted octanol–water partition coefficient (Wildman–Crippen LogP) is 4.71. The standard InChI is InChI=1S/C19H17ClN4O2/c1-10-9-22-16(23-12(3)25)8-14(10)19-24-17(11(2)21)18(26-19)13-6-4-5-7-15(13)20/h4-9,21H,1-3H3,(H,22,23,25). The number of rotatable bonds is 4. The summed E-state index contributed by atoms with van der Waals surface area (Å²) in [7, 11) is 0. The SMILES string of the molecule is CC(=N)c1nc(-c2cc(NC(C)=O)ncc2C)oc1-c1ccccc1Cl. The summed E-state index contributed by atoms with van der Waals surface area (Å²) in [6, 6.07) is 8.95. The van der Waals surface area contributed by atoms with E-state index in [0.717, 1.165) is 5.56 Å². The summed E-state index contributed by atoms with van der Waals surface area (Å²) >= 11 is 6.29. The van der Waals surface area contributed by atoms with Gasteiger partial charge in [0.25, 0.3) is 0 Å². The molecule has 0 bridgehead atoms. The molecule has 0 aliphatic carbocycles. The number of benzene rings is 1. The molecule has 0 aliphatic heterocycles. The molecule has 3 rings (SSSR count). The molecule has 3 aromatic rings. The van der Waals surface area contributed by atoms with Crippen molar-refractivity contribution in [3.05, 3.63) is 52.8 Å². The molecule has 0 radical (unpaired) electrons. The maximum atomic E-state index is 11.3. The number of carbonyl (C=O) groups is 1. The van der Waals surface area contributed by atoms with Crippen molar-refractivity contribution < 1.29 is 9.21 Å². The van der Waals surface area contributed by atoms with Gasteiger partial charge in [-0.2, -0.15) is 0 Å². The highest BCUT2D eigenvalue weighted by Crippen LogP contribution is 2.35. The van der Waals surface area contributed by atoms with Crippen LogP contribution in [0.3, 0.4) is 0 Å². The largest absolute Gasteiger partial charge is 0.435 e. The molecule has 1 aromatic carbocycles. The van der Waals surface area contributed by atoms with Crippen LogP contribution in [0.4, 0.5) is 5.82 Å². The van der Waals surface area contributed by atoms with Crippen LogP contribution in [0.2, 0.25) is 5.02 Å². The lowest BCUT2D eigenvalue weighted by Crippen LogP contribution is -2.07. The molecule has 1 amide bonds. The van der Waals surface area contributed by atoms with Crippen LogP contribution in [0.5, 0.6) is 0 Å². The first-order chi connectivity index (χ1) is 12.4. The molecule has 0 aliphatic rings. The molecule has 0 unspecified atom stereocenters. The Labute approximate surface area is 155 Å². The van der Waals surface area contributed by atoms with Gasteiger partial charge in [0, 0.05) is 24.2 Å². The summed E-state index contributed by atoms with van der Waals surface area (Å²) in [6.07, 6.45) is 1.64. The van der Waals surface area contributed by atoms with E-state index in [2.05, 4.69) is 15.3 Å². The van der Waals surface area contributed by atoms with Gasteiger partial charge in [0.1, 0.15) is 11.5 Å². The minimum atomic E-state index is -0.215. The molecule has 132 valence electrons. The van der Waals surface area contributed by atoms with Gasteiger partial charge in [-0.05, 0) is 37.6 Å². The van der Waals surface area contributed by atoms with Crippen molar-refractivity contribution in [2.75, 3.05) is 5.32 Å². The smallest absolute Gasteiger partial charge is 0.227 e. The Morgan fingerprint density at radius 1 is 1.23 bits per heavy atom. The Morgan fingerprint density at radius 3 is 2.62 bits per heavy atom. The van der Waals surface area contributed by atoms with Crippen LogP contribution < -0.4 is 5.32 Å². The molecule has 2 N–H and O–H groups in total. The van der Waals surface area contributed by atoms with Gasteiger partial charge in [-0.25, -0.2) is 9.97 Å². The molecule has 26 heavy (non-hydrogen) atoms. The lowest BCUT2D eigenvalue weighted by molar-refractivity contribution is -0.114. The summed E-state index contributed by atoms with van der Waals surface area (Å²) in [5.41, 5.74) is 2.88. The molecule has 0 fully saturated rings. The number of anilines is 1. The fourth-order valence-corrected chi connectivity index (χ4v) is 2.74. The van der Waals surface area contributed by atoms with E-state index in [4.69, 9.17) is 21.4 Å². The van der Waals surface area contributed by atoms with E-state index < -0.39 is 0 Å². The van der Waals surface area contributed by atoms with Crippen LogP contribution in [-0.2, 0) is 4.79 Å². The number of aromatic nitrogens is 2. The van der Waals surface area contributed by atoms with Gasteiger partial charge in [-0.15, -0.1) is 0 Å². The third-order valence-electron chi connectivity index (χ3n) is 3.74. The first kappa shape index (κ1) is 17.8. The van der Waals surface area contributed by atoms with E-state index >= 15 is 0 Å². The molecular formula is C19H17ClN4O2. The topological polar surface area (TPSA) is 91.9 Å². The minimum Gasteiger partial charge on any atom is -0.435 e. The first-order valence-electron chi connectivity index (χ1n) is 7.92. The highest BCUT2D eigenvalue weighted by Gasteiger charge is 2.21. The fourth-order valence-electron chi connectivity index (χ4n) is 2.52. The van der Waals surface area contributed by atoms with Crippen LogP contribution in [0.25, 0.3) is 22.8 Å². The molecule has 2 heterocycles. The molecule has 6 nitrogen and oxygen atoms in total. The summed E-state index contributed by atoms with van der Waals surface area (Å²) in [6.45, 7) is 4.93. The van der Waals surface area contributed by atoms with Crippen LogP contribution in [-0.4, -0.2) is 21.6 Å². The molecule has 0 saturated heterocycles. The second-order valence-electron chi connectivity index (χ2n) is 5.87. The van der Waals surface area contributed by atoms with Gasteiger partial charge in [-0.3, -0.25) is 4.79 Å². The molecule has 0 saturated carbocycles. The van der Waals surface area contributed by atoms with Gasteiger partial charge in [0.2, 0.25) is 11.8 Å². The van der Waals surface area contributed by atoms with E-state index in [0.29, 0.717) is 39.3 Å². The Kier molecular flexibility index (Phi) is 4.86. The predicted molar refractivity (Wildman–Crippen MR) is 102 cm³/mol. The van der Waals surface area contributed by atoms with Crippen LogP contribution in [0.15, 0.2) is 40.9 Å². The third kappa shape index (κ3) is 3.50. The van der Waals surface area contributed by atoms with Crippen LogP contribution >= 0.6 is 11.6 Å². The second-order valence-corrected chi connectivity index (χ2v) is 6.27. The van der Waals surface area contributed by atoms with Crippen molar-refractivity contribution in [2.24, 2.45) is 0 Å². The summed E-state index contributed by atoms with van der Waals surface area (Å²) in [4.78, 5) is 19.9. The van der Waals surface area contributed by atoms with Gasteiger partial charge in [0.05, 0.1) is 10.7 Å². The Hall–Kier alpha value is -2.99. The van der Waals surface area contributed by atoms with Crippen molar-refractivity contribution in [1.82, 2.24) is 9.97 Å². The molecule has 7 heteroatoms. The summed E-state index contributed by atoms with van der Waals surface area (Å²) in [5, 5.41) is 11.2. The monoisotopic (exact) mass is 368 g/mol. The highest BCUT2D eigenvalue weighted by molar-refractivity contribution is 6.33. The van der Waals surface area contributed by atoms with Crippen molar-refractivity contribution in [3.8, 4) is 22.8 Å². The maximum Gasteiger partial charge on any atom is 0.227 e. The number of halogens is 1. The van der Waals surface area contributed by atoms with Gasteiger partial charge in [-0.1, -0.05) is 23.7 Å². The minimum absolute atomic E-state index is 0.215. The van der Waals surface area contributed by atoms with E-state index in [1.165, 1.54) is 6.92 Å². The fraction of sp³-hybridized carbons (Fsp3) is 0.158. The number of aryl methyl sites for hydroxylation is 1. The third-order valence-corrected chi connectivity index (χ3v) is 4.07. The van der Waals surface area contributed by atoms with Crippen LogP contribution in [0, 0.1) is 12.3 Å². The van der Waals surface area contributed by atoms with Gasteiger partial charge in [0.15, 0.2) is 5.76 Å². The number of nitrogens with zero attached hydrogens (tertiary/aromatic N) is 2. The zero-order valence-corrected chi connectivity index (χ0v) is 15.3. The number of nitrogens with one attached hydrogen (secondary N) is 2.